The van der Waals surface area contributed by atoms with Gasteiger partial charge in [-0.3, -0.25) is 9.59 Å². The Bertz CT molecular complexity index is 1360. The lowest BCUT2D eigenvalue weighted by Crippen LogP contribution is -2.63. The molecule has 4 N–H and O–H groups in total. The number of carboxylic acids is 1. The van der Waals surface area contributed by atoms with Gasteiger partial charge >= 0.3 is 5.97 Å². The maximum atomic E-state index is 14.5. The van der Waals surface area contributed by atoms with E-state index >= 15 is 0 Å². The van der Waals surface area contributed by atoms with E-state index in [-0.39, 0.29) is 47.8 Å². The first kappa shape index (κ1) is 43.7. The normalized spacial score (nSPS) is 46.9. The van der Waals surface area contributed by atoms with E-state index in [4.69, 9.17) is 23.7 Å². The smallest absolute Gasteiger partial charge is 0.309 e. The summed E-state index contributed by atoms with van der Waals surface area (Å²) in [6, 6.07) is 0. The molecule has 54 heavy (non-hydrogen) atoms. The highest BCUT2D eigenvalue weighted by molar-refractivity contribution is 5.84. The Kier molecular flexibility index (Phi) is 13.3. The SMILES string of the molecule is CC[C@H](C(=O)O)[C@@H]1O[C@H]([C@H](C)[C@H](O)[C@H](C)C(=O)[C@H](CC)[C@@H]2O[C@]3(C=C[C@H](O)[C@]4(CC[C@](C)([C@@H]5CC[C@](O)(CC)[C@H](C)O5)O4)O3)[C@H](C)C[C@@H]2C)[C@H](C)C[C@H]1C. The van der Waals surface area contributed by atoms with Crippen molar-refractivity contribution in [2.45, 2.75) is 199 Å². The molecule has 11 nitrogen and oxygen atoms in total. The number of Topliss-reactive ketones (excluding diaryl/α,β-unsaturated/α-hetero) is 1. The van der Waals surface area contributed by atoms with Crippen molar-refractivity contribution >= 4 is 11.8 Å². The van der Waals surface area contributed by atoms with Gasteiger partial charge in [-0.1, -0.05) is 62.3 Å². The zero-order valence-electron chi connectivity index (χ0n) is 34.8. The zero-order chi connectivity index (χ0) is 40.1. The number of carboxylic acid groups (broad SMARTS) is 1. The van der Waals surface area contributed by atoms with Crippen LogP contribution in [0.25, 0.3) is 0 Å². The van der Waals surface area contributed by atoms with Gasteiger partial charge in [0.05, 0.1) is 53.7 Å². The average molecular weight is 765 g/mol. The lowest BCUT2D eigenvalue weighted by molar-refractivity contribution is -0.409. The average Bonchev–Trinajstić information content (AvgIpc) is 3.47. The minimum absolute atomic E-state index is 0.0104. The highest BCUT2D eigenvalue weighted by Crippen LogP contribution is 2.54. The van der Waals surface area contributed by atoms with Crippen LogP contribution in [-0.4, -0.2) is 97.7 Å². The molecule has 2 spiro atoms. The molecule has 4 fully saturated rings. The first-order valence-electron chi connectivity index (χ1n) is 21.1. The van der Waals surface area contributed by atoms with Crippen LogP contribution in [0.5, 0.6) is 0 Å². The second kappa shape index (κ2) is 16.4. The molecular weight excluding hydrogens is 692 g/mol. The van der Waals surface area contributed by atoms with Gasteiger partial charge in [-0.2, -0.15) is 0 Å². The third kappa shape index (κ3) is 7.88. The summed E-state index contributed by atoms with van der Waals surface area (Å²) >= 11 is 0. The van der Waals surface area contributed by atoms with E-state index in [1.807, 2.05) is 48.5 Å². The standard InChI is InChI=1S/C43H72O11/c1-12-30(35(46)27(8)34(45)28(9)36-23(4)21-24(5)37(51-36)31(13-2)39(47)48)38-25(6)22-26(7)42(52-38)18-15-32(44)43(54-42)20-19-40(11,53-43)33-16-17-41(49,14-3)29(10)50-33/h15,18,23-34,36-38,44-45,49H,12-14,16-17,19-22H2,1-11H3,(H,47,48)/t23-,24-,25+,26-,27+,28-,29+,30+,31+,32+,33+,34-,36+,37-,38-,40-,41-,42+,43+/m1/s1. The molecule has 4 saturated heterocycles. The molecule has 0 bridgehead atoms. The molecule has 0 saturated carbocycles. The van der Waals surface area contributed by atoms with Crippen LogP contribution in [0.1, 0.15) is 134 Å². The van der Waals surface area contributed by atoms with Crippen molar-refractivity contribution in [1.82, 2.24) is 0 Å². The molecule has 5 heterocycles. The predicted octanol–water partition coefficient (Wildman–Crippen LogP) is 6.43. The first-order chi connectivity index (χ1) is 25.2. The van der Waals surface area contributed by atoms with E-state index in [1.54, 1.807) is 19.1 Å². The lowest BCUT2D eigenvalue weighted by Gasteiger charge is -2.54. The third-order valence-corrected chi connectivity index (χ3v) is 14.8. The summed E-state index contributed by atoms with van der Waals surface area (Å²) < 4.78 is 33.6. The van der Waals surface area contributed by atoms with Crippen molar-refractivity contribution in [2.24, 2.45) is 47.3 Å². The monoisotopic (exact) mass is 765 g/mol. The summed E-state index contributed by atoms with van der Waals surface area (Å²) in [5, 5.41) is 44.2. The van der Waals surface area contributed by atoms with Crippen LogP contribution in [0, 0.1) is 47.3 Å². The number of hydrogen-bond donors (Lipinski definition) is 4. The Balaban J connectivity index is 1.32. The molecule has 19 atom stereocenters. The lowest BCUT2D eigenvalue weighted by atomic mass is 9.72. The van der Waals surface area contributed by atoms with E-state index in [1.165, 1.54) is 0 Å². The molecule has 0 amide bonds. The van der Waals surface area contributed by atoms with Gasteiger partial charge in [0.25, 0.3) is 0 Å². The van der Waals surface area contributed by atoms with Gasteiger partial charge in [-0.05, 0) is 95.1 Å². The van der Waals surface area contributed by atoms with Crippen molar-refractivity contribution in [3.05, 3.63) is 12.2 Å². The minimum atomic E-state index is -1.37. The second-order valence-electron chi connectivity index (χ2n) is 18.5. The summed E-state index contributed by atoms with van der Waals surface area (Å²) in [5.74, 6) is -5.80. The van der Waals surface area contributed by atoms with E-state index < -0.39 is 76.8 Å². The maximum Gasteiger partial charge on any atom is 0.309 e. The summed E-state index contributed by atoms with van der Waals surface area (Å²) in [6.07, 6.45) is 4.75. The quantitative estimate of drug-likeness (QED) is 0.162. The molecular formula is C43H72O11. The molecule has 0 aliphatic carbocycles. The molecule has 0 aromatic carbocycles. The topological polar surface area (TPSA) is 161 Å². The van der Waals surface area contributed by atoms with Crippen LogP contribution < -0.4 is 0 Å². The maximum absolute atomic E-state index is 14.5. The zero-order valence-corrected chi connectivity index (χ0v) is 34.8. The van der Waals surface area contributed by atoms with Gasteiger partial charge in [0, 0.05) is 30.1 Å². The third-order valence-electron chi connectivity index (χ3n) is 14.8. The Hall–Kier alpha value is -1.44. The molecule has 0 aromatic rings. The molecule has 310 valence electrons. The number of aliphatic hydroxyl groups excluding tert-OH is 2. The molecule has 5 rings (SSSR count). The highest BCUT2D eigenvalue weighted by Gasteiger charge is 2.63. The predicted molar refractivity (Wildman–Crippen MR) is 203 cm³/mol. The summed E-state index contributed by atoms with van der Waals surface area (Å²) in [7, 11) is 0. The van der Waals surface area contributed by atoms with Crippen LogP contribution >= 0.6 is 0 Å². The largest absolute Gasteiger partial charge is 0.481 e. The van der Waals surface area contributed by atoms with Gasteiger partial charge in [0.2, 0.25) is 5.79 Å². The Morgan fingerprint density at radius 3 is 2.07 bits per heavy atom. The van der Waals surface area contributed by atoms with Gasteiger partial charge in [-0.25, -0.2) is 0 Å². The Morgan fingerprint density at radius 2 is 1.48 bits per heavy atom. The van der Waals surface area contributed by atoms with Crippen LogP contribution in [0.15, 0.2) is 12.2 Å². The van der Waals surface area contributed by atoms with Crippen LogP contribution in [0.2, 0.25) is 0 Å². The fourth-order valence-corrected chi connectivity index (χ4v) is 10.9. The van der Waals surface area contributed by atoms with E-state index in [0.717, 1.165) is 6.42 Å². The van der Waals surface area contributed by atoms with Gasteiger partial charge in [0.1, 0.15) is 11.9 Å². The number of carbonyl (C=O) groups is 2. The summed E-state index contributed by atoms with van der Waals surface area (Å²) in [6.45, 7) is 21.7. The number of ketones is 1. The molecule has 11 heteroatoms. The molecule has 5 aliphatic rings. The highest BCUT2D eigenvalue weighted by atomic mass is 16.8. The van der Waals surface area contributed by atoms with E-state index in [2.05, 4.69) is 20.8 Å². The molecule has 0 unspecified atom stereocenters. The van der Waals surface area contributed by atoms with Crippen molar-refractivity contribution in [1.29, 1.82) is 0 Å². The van der Waals surface area contributed by atoms with Crippen molar-refractivity contribution in [2.75, 3.05) is 0 Å². The summed E-state index contributed by atoms with van der Waals surface area (Å²) in [5.41, 5.74) is -1.63. The van der Waals surface area contributed by atoms with E-state index in [0.29, 0.717) is 51.4 Å². The Morgan fingerprint density at radius 1 is 0.852 bits per heavy atom. The van der Waals surface area contributed by atoms with E-state index in [9.17, 15) is 30.0 Å². The number of ether oxygens (including phenoxy) is 5. The number of aliphatic hydroxyl groups is 3. The van der Waals surface area contributed by atoms with Crippen molar-refractivity contribution in [3.8, 4) is 0 Å². The van der Waals surface area contributed by atoms with Gasteiger partial charge < -0.3 is 44.1 Å². The van der Waals surface area contributed by atoms with Crippen LogP contribution in [0.4, 0.5) is 0 Å². The Labute approximate surface area is 323 Å². The molecule has 0 aromatic heterocycles. The number of rotatable bonds is 12. The summed E-state index contributed by atoms with van der Waals surface area (Å²) in [4.78, 5) is 26.6. The van der Waals surface area contributed by atoms with Gasteiger partial charge in [0.15, 0.2) is 5.79 Å². The van der Waals surface area contributed by atoms with Crippen LogP contribution in [0.3, 0.4) is 0 Å². The molecule has 0 radical (unpaired) electrons. The fourth-order valence-electron chi connectivity index (χ4n) is 10.9. The minimum Gasteiger partial charge on any atom is -0.481 e. The number of hydrogen-bond acceptors (Lipinski definition) is 10. The molecule has 5 aliphatic heterocycles. The number of carbonyl (C=O) groups excluding carboxylic acids is 1. The van der Waals surface area contributed by atoms with Gasteiger partial charge in [-0.15, -0.1) is 0 Å². The number of aliphatic carboxylic acids is 1. The van der Waals surface area contributed by atoms with Crippen molar-refractivity contribution < 1.29 is 53.7 Å². The first-order valence-corrected chi connectivity index (χ1v) is 21.1. The fraction of sp³-hybridized carbons (Fsp3) is 0.907. The van der Waals surface area contributed by atoms with Crippen molar-refractivity contribution in [3.63, 3.8) is 0 Å². The second-order valence-corrected chi connectivity index (χ2v) is 18.5. The van der Waals surface area contributed by atoms with Crippen LogP contribution in [-0.2, 0) is 33.3 Å².